The van der Waals surface area contributed by atoms with Crippen LogP contribution in [0.2, 0.25) is 5.02 Å². The van der Waals surface area contributed by atoms with E-state index in [-0.39, 0.29) is 5.82 Å². The van der Waals surface area contributed by atoms with E-state index in [1.165, 1.54) is 18.2 Å². The van der Waals surface area contributed by atoms with Crippen molar-refractivity contribution in [1.82, 2.24) is 9.97 Å². The summed E-state index contributed by atoms with van der Waals surface area (Å²) in [6, 6.07) is 5.96. The molecule has 0 amide bonds. The summed E-state index contributed by atoms with van der Waals surface area (Å²) in [7, 11) is 1.80. The monoisotopic (exact) mass is 292 g/mol. The minimum atomic E-state index is -0.345. The molecule has 1 heterocycles. The molecule has 1 saturated carbocycles. The molecule has 3 rings (SSSR count). The maximum absolute atomic E-state index is 13.3. The number of hydrogen-bond donors (Lipinski definition) is 2. The van der Waals surface area contributed by atoms with E-state index in [1.807, 2.05) is 0 Å². The lowest BCUT2D eigenvalue weighted by molar-refractivity contribution is 0.628. The second-order valence-corrected chi connectivity index (χ2v) is 5.18. The van der Waals surface area contributed by atoms with E-state index < -0.39 is 0 Å². The lowest BCUT2D eigenvalue weighted by Gasteiger charge is -2.10. The van der Waals surface area contributed by atoms with Crippen LogP contribution in [0.3, 0.4) is 0 Å². The maximum atomic E-state index is 13.3. The van der Waals surface area contributed by atoms with Gasteiger partial charge in [-0.3, -0.25) is 0 Å². The second-order valence-electron chi connectivity index (χ2n) is 4.77. The molecule has 2 aromatic rings. The summed E-state index contributed by atoms with van der Waals surface area (Å²) in [6.45, 7) is 0. The Balaban J connectivity index is 1.93. The molecule has 1 aliphatic carbocycles. The highest BCUT2D eigenvalue weighted by Crippen LogP contribution is 2.39. The number of hydrogen-bond acceptors (Lipinski definition) is 4. The molecular formula is C14H14ClFN4. The van der Waals surface area contributed by atoms with Crippen LogP contribution in [0.25, 0.3) is 0 Å². The van der Waals surface area contributed by atoms with Crippen molar-refractivity contribution in [2.45, 2.75) is 18.8 Å². The van der Waals surface area contributed by atoms with Crippen LogP contribution in [0.4, 0.5) is 21.7 Å². The molecule has 104 valence electrons. The van der Waals surface area contributed by atoms with Gasteiger partial charge in [-0.05, 0) is 31.0 Å². The fourth-order valence-electron chi connectivity index (χ4n) is 1.91. The van der Waals surface area contributed by atoms with E-state index in [2.05, 4.69) is 20.6 Å². The van der Waals surface area contributed by atoms with Gasteiger partial charge in [0.1, 0.15) is 23.3 Å². The number of aromatic nitrogens is 2. The van der Waals surface area contributed by atoms with Gasteiger partial charge >= 0.3 is 0 Å². The standard InChI is InChI=1S/C14H14ClFN4/c1-17-12-7-13(20-14(19-12)8-2-3-8)18-11-6-9(16)4-5-10(11)15/h4-8H,2-3H2,1H3,(H2,17,18,19,20). The average molecular weight is 293 g/mol. The molecular weight excluding hydrogens is 279 g/mol. The van der Waals surface area contributed by atoms with Crippen molar-refractivity contribution in [3.05, 3.63) is 40.9 Å². The van der Waals surface area contributed by atoms with Crippen molar-refractivity contribution in [2.24, 2.45) is 0 Å². The van der Waals surface area contributed by atoms with Crippen molar-refractivity contribution in [2.75, 3.05) is 17.7 Å². The highest BCUT2D eigenvalue weighted by molar-refractivity contribution is 6.33. The normalized spacial score (nSPS) is 14.2. The maximum Gasteiger partial charge on any atom is 0.136 e. The minimum absolute atomic E-state index is 0.345. The van der Waals surface area contributed by atoms with Gasteiger partial charge in [0, 0.05) is 19.0 Å². The Hall–Kier alpha value is -1.88. The molecule has 0 radical (unpaired) electrons. The Morgan fingerprint density at radius 1 is 1.20 bits per heavy atom. The molecule has 0 saturated heterocycles. The molecule has 4 nitrogen and oxygen atoms in total. The fourth-order valence-corrected chi connectivity index (χ4v) is 2.08. The van der Waals surface area contributed by atoms with Crippen molar-refractivity contribution in [1.29, 1.82) is 0 Å². The molecule has 0 bridgehead atoms. The third kappa shape index (κ3) is 2.82. The van der Waals surface area contributed by atoms with Crippen LogP contribution in [0, 0.1) is 5.82 Å². The molecule has 0 atom stereocenters. The van der Waals surface area contributed by atoms with E-state index in [1.54, 1.807) is 13.1 Å². The van der Waals surface area contributed by atoms with Gasteiger partial charge in [0.15, 0.2) is 0 Å². The van der Waals surface area contributed by atoms with Gasteiger partial charge in [-0.1, -0.05) is 11.6 Å². The molecule has 6 heteroatoms. The molecule has 0 unspecified atom stereocenters. The summed E-state index contributed by atoms with van der Waals surface area (Å²) in [4.78, 5) is 8.89. The molecule has 1 aromatic carbocycles. The summed E-state index contributed by atoms with van der Waals surface area (Å²) in [5.41, 5.74) is 0.495. The highest BCUT2D eigenvalue weighted by Gasteiger charge is 2.27. The minimum Gasteiger partial charge on any atom is -0.373 e. The van der Waals surface area contributed by atoms with Crippen LogP contribution >= 0.6 is 11.6 Å². The molecule has 2 N–H and O–H groups in total. The van der Waals surface area contributed by atoms with Crippen molar-refractivity contribution in [3.63, 3.8) is 0 Å². The van der Waals surface area contributed by atoms with Gasteiger partial charge in [0.05, 0.1) is 10.7 Å². The number of nitrogens with one attached hydrogen (secondary N) is 2. The Bertz CT molecular complexity index is 643. The van der Waals surface area contributed by atoms with Gasteiger partial charge in [0.2, 0.25) is 0 Å². The van der Waals surface area contributed by atoms with Crippen molar-refractivity contribution in [3.8, 4) is 0 Å². The number of anilines is 3. The molecule has 1 aromatic heterocycles. The Kier molecular flexibility index (Phi) is 3.44. The van der Waals surface area contributed by atoms with E-state index in [9.17, 15) is 4.39 Å². The van der Waals surface area contributed by atoms with Gasteiger partial charge in [-0.15, -0.1) is 0 Å². The van der Waals surface area contributed by atoms with E-state index in [0.29, 0.717) is 22.4 Å². The van der Waals surface area contributed by atoms with Gasteiger partial charge < -0.3 is 10.6 Å². The van der Waals surface area contributed by atoms with Crippen LogP contribution in [0.15, 0.2) is 24.3 Å². The fraction of sp³-hybridized carbons (Fsp3) is 0.286. The zero-order valence-corrected chi connectivity index (χ0v) is 11.7. The van der Waals surface area contributed by atoms with Crippen LogP contribution in [-0.4, -0.2) is 17.0 Å². The lowest BCUT2D eigenvalue weighted by atomic mass is 10.3. The summed E-state index contributed by atoms with van der Waals surface area (Å²) in [6.07, 6.45) is 2.24. The third-order valence-electron chi connectivity index (χ3n) is 3.13. The highest BCUT2D eigenvalue weighted by atomic mass is 35.5. The third-order valence-corrected chi connectivity index (χ3v) is 3.46. The molecule has 20 heavy (non-hydrogen) atoms. The topological polar surface area (TPSA) is 49.8 Å². The van der Waals surface area contributed by atoms with Crippen molar-refractivity contribution < 1.29 is 4.39 Å². The van der Waals surface area contributed by atoms with Crippen LogP contribution in [-0.2, 0) is 0 Å². The van der Waals surface area contributed by atoms with Crippen molar-refractivity contribution >= 4 is 28.9 Å². The van der Waals surface area contributed by atoms with E-state index in [4.69, 9.17) is 11.6 Å². The SMILES string of the molecule is CNc1cc(Nc2cc(F)ccc2Cl)nc(C2CC2)n1. The summed E-state index contributed by atoms with van der Waals surface area (Å²) in [5, 5.41) is 6.50. The zero-order chi connectivity index (χ0) is 14.1. The van der Waals surface area contributed by atoms with Gasteiger partial charge in [0.25, 0.3) is 0 Å². The molecule has 0 spiro atoms. The van der Waals surface area contributed by atoms with Crippen LogP contribution in [0.1, 0.15) is 24.6 Å². The first-order chi connectivity index (χ1) is 9.65. The average Bonchev–Trinajstić information content (AvgIpc) is 3.27. The van der Waals surface area contributed by atoms with E-state index >= 15 is 0 Å². The van der Waals surface area contributed by atoms with Crippen LogP contribution < -0.4 is 10.6 Å². The Labute approximate surface area is 121 Å². The molecule has 1 fully saturated rings. The van der Waals surface area contributed by atoms with E-state index in [0.717, 1.165) is 24.5 Å². The first-order valence-electron chi connectivity index (χ1n) is 6.44. The van der Waals surface area contributed by atoms with Gasteiger partial charge in [-0.25, -0.2) is 14.4 Å². The molecule has 0 aliphatic heterocycles. The first-order valence-corrected chi connectivity index (χ1v) is 6.82. The largest absolute Gasteiger partial charge is 0.373 e. The Morgan fingerprint density at radius 3 is 2.65 bits per heavy atom. The molecule has 1 aliphatic rings. The Morgan fingerprint density at radius 2 is 1.95 bits per heavy atom. The summed E-state index contributed by atoms with van der Waals surface area (Å²) >= 11 is 6.05. The quantitative estimate of drug-likeness (QED) is 0.896. The number of rotatable bonds is 4. The zero-order valence-electron chi connectivity index (χ0n) is 11.0. The number of nitrogens with zero attached hydrogens (tertiary/aromatic N) is 2. The summed E-state index contributed by atoms with van der Waals surface area (Å²) in [5.74, 6) is 2.25. The lowest BCUT2D eigenvalue weighted by Crippen LogP contribution is -2.03. The van der Waals surface area contributed by atoms with Gasteiger partial charge in [-0.2, -0.15) is 0 Å². The predicted molar refractivity (Wildman–Crippen MR) is 78.2 cm³/mol. The predicted octanol–water partition coefficient (Wildman–Crippen LogP) is 3.93. The summed E-state index contributed by atoms with van der Waals surface area (Å²) < 4.78 is 13.3. The van der Waals surface area contributed by atoms with Crippen LogP contribution in [0.5, 0.6) is 0 Å². The smallest absolute Gasteiger partial charge is 0.136 e. The first kappa shape index (κ1) is 13.1. The second kappa shape index (κ2) is 5.25. The number of halogens is 2. The number of benzene rings is 1.